The van der Waals surface area contributed by atoms with Crippen molar-refractivity contribution in [1.29, 1.82) is 5.41 Å². The minimum Gasteiger partial charge on any atom is -0.382 e. The summed E-state index contributed by atoms with van der Waals surface area (Å²) in [6.45, 7) is 3.27. The smallest absolute Gasteiger partial charge is 0.147 e. The number of amidine groups is 1. The molecule has 0 spiro atoms. The zero-order chi connectivity index (χ0) is 11.4. The number of ether oxygens (including phenoxy) is 1. The van der Waals surface area contributed by atoms with Crippen LogP contribution >= 0.6 is 0 Å². The van der Waals surface area contributed by atoms with Gasteiger partial charge in [0.25, 0.3) is 0 Å². The van der Waals surface area contributed by atoms with Gasteiger partial charge in [-0.2, -0.15) is 0 Å². The third kappa shape index (κ3) is 2.46. The van der Waals surface area contributed by atoms with Crippen LogP contribution in [0.3, 0.4) is 0 Å². The molecule has 6 heteroatoms. The molecule has 0 aliphatic carbocycles. The molecule has 3 N–H and O–H groups in total. The number of rotatable bonds is 2. The molecule has 1 aromatic rings. The minimum absolute atomic E-state index is 0.0572. The number of anilines is 1. The van der Waals surface area contributed by atoms with Gasteiger partial charge in [0.15, 0.2) is 0 Å². The third-order valence-corrected chi connectivity index (χ3v) is 2.46. The van der Waals surface area contributed by atoms with Gasteiger partial charge >= 0.3 is 0 Å². The molecule has 2 rings (SSSR count). The average molecular weight is 221 g/mol. The maximum Gasteiger partial charge on any atom is 0.147 e. The lowest BCUT2D eigenvalue weighted by molar-refractivity contribution is 0.152. The molecule has 1 saturated heterocycles. The van der Waals surface area contributed by atoms with Crippen LogP contribution < -0.4 is 10.6 Å². The van der Waals surface area contributed by atoms with E-state index >= 15 is 0 Å². The van der Waals surface area contributed by atoms with Crippen LogP contribution in [0.5, 0.6) is 0 Å². The van der Waals surface area contributed by atoms with E-state index in [1.165, 1.54) is 6.20 Å². The first-order valence-corrected chi connectivity index (χ1v) is 5.26. The molecule has 1 aromatic heterocycles. The summed E-state index contributed by atoms with van der Waals surface area (Å²) in [6, 6.07) is 0. The first kappa shape index (κ1) is 10.8. The average Bonchev–Trinajstić information content (AvgIpc) is 2.57. The van der Waals surface area contributed by atoms with E-state index < -0.39 is 0 Å². The van der Waals surface area contributed by atoms with Crippen molar-refractivity contribution in [3.8, 4) is 0 Å². The fourth-order valence-corrected chi connectivity index (χ4v) is 1.60. The molecule has 0 bridgehead atoms. The van der Waals surface area contributed by atoms with E-state index in [9.17, 15) is 0 Å². The quantitative estimate of drug-likeness (QED) is 0.541. The first-order valence-electron chi connectivity index (χ1n) is 5.26. The van der Waals surface area contributed by atoms with Crippen molar-refractivity contribution in [1.82, 2.24) is 9.97 Å². The normalized spacial score (nSPS) is 16.9. The van der Waals surface area contributed by atoms with Crippen molar-refractivity contribution in [3.05, 3.63) is 18.1 Å². The van der Waals surface area contributed by atoms with Gasteiger partial charge in [0.05, 0.1) is 19.0 Å². The Morgan fingerprint density at radius 3 is 2.88 bits per heavy atom. The predicted molar refractivity (Wildman–Crippen MR) is 60.7 cm³/mol. The van der Waals surface area contributed by atoms with Gasteiger partial charge in [0, 0.05) is 19.7 Å². The summed E-state index contributed by atoms with van der Waals surface area (Å²) in [6.07, 6.45) is 4.18. The molecule has 1 aliphatic heterocycles. The Kier molecular flexibility index (Phi) is 3.31. The van der Waals surface area contributed by atoms with Gasteiger partial charge in [-0.1, -0.05) is 0 Å². The largest absolute Gasteiger partial charge is 0.382 e. The van der Waals surface area contributed by atoms with E-state index in [0.717, 1.165) is 38.5 Å². The number of hydrogen-bond donors (Lipinski definition) is 2. The van der Waals surface area contributed by atoms with Crippen molar-refractivity contribution in [2.75, 3.05) is 31.2 Å². The molecule has 0 unspecified atom stereocenters. The van der Waals surface area contributed by atoms with Gasteiger partial charge in [-0.3, -0.25) is 5.41 Å². The van der Waals surface area contributed by atoms with Crippen molar-refractivity contribution in [2.45, 2.75) is 6.42 Å². The van der Waals surface area contributed by atoms with E-state index in [1.54, 1.807) is 6.20 Å². The number of nitrogens with one attached hydrogen (secondary N) is 1. The van der Waals surface area contributed by atoms with Gasteiger partial charge in [0.1, 0.15) is 17.3 Å². The summed E-state index contributed by atoms with van der Waals surface area (Å²) < 4.78 is 5.36. The zero-order valence-electron chi connectivity index (χ0n) is 9.02. The van der Waals surface area contributed by atoms with E-state index in [-0.39, 0.29) is 5.84 Å². The van der Waals surface area contributed by atoms with Gasteiger partial charge in [0.2, 0.25) is 0 Å². The van der Waals surface area contributed by atoms with Gasteiger partial charge < -0.3 is 15.4 Å². The Balaban J connectivity index is 2.10. The first-order chi connectivity index (χ1) is 7.77. The van der Waals surface area contributed by atoms with E-state index in [4.69, 9.17) is 15.9 Å². The van der Waals surface area contributed by atoms with Crippen molar-refractivity contribution in [2.24, 2.45) is 5.73 Å². The van der Waals surface area contributed by atoms with Crippen LogP contribution in [0.4, 0.5) is 5.82 Å². The van der Waals surface area contributed by atoms with E-state index in [0.29, 0.717) is 5.69 Å². The van der Waals surface area contributed by atoms with Crippen molar-refractivity contribution in [3.63, 3.8) is 0 Å². The van der Waals surface area contributed by atoms with Crippen LogP contribution in [0.1, 0.15) is 12.1 Å². The summed E-state index contributed by atoms with van der Waals surface area (Å²) in [4.78, 5) is 10.5. The highest BCUT2D eigenvalue weighted by Gasteiger charge is 2.11. The second-order valence-electron chi connectivity index (χ2n) is 3.63. The lowest BCUT2D eigenvalue weighted by Gasteiger charge is -2.19. The molecule has 0 saturated carbocycles. The number of aromatic nitrogens is 2. The molecule has 1 fully saturated rings. The Hall–Kier alpha value is -1.69. The minimum atomic E-state index is -0.0572. The number of hydrogen-bond acceptors (Lipinski definition) is 5. The Morgan fingerprint density at radius 2 is 2.19 bits per heavy atom. The number of nitrogen functional groups attached to an aromatic ring is 1. The zero-order valence-corrected chi connectivity index (χ0v) is 9.02. The lowest BCUT2D eigenvalue weighted by atomic mass is 10.4. The predicted octanol–water partition coefficient (Wildman–Crippen LogP) is -0.0126. The summed E-state index contributed by atoms with van der Waals surface area (Å²) in [5.41, 5.74) is 5.73. The monoisotopic (exact) mass is 221 g/mol. The highest BCUT2D eigenvalue weighted by molar-refractivity contribution is 5.92. The molecular formula is C10H15N5O. The SMILES string of the molecule is N=C(N)c1cnc(N2CCCOCC2)cn1. The maximum atomic E-state index is 7.23. The Labute approximate surface area is 94.0 Å². The summed E-state index contributed by atoms with van der Waals surface area (Å²) in [5, 5.41) is 7.23. The number of nitrogens with zero attached hydrogens (tertiary/aromatic N) is 3. The third-order valence-electron chi connectivity index (χ3n) is 2.46. The molecule has 86 valence electrons. The van der Waals surface area contributed by atoms with Crippen LogP contribution in [0.15, 0.2) is 12.4 Å². The highest BCUT2D eigenvalue weighted by Crippen LogP contribution is 2.11. The second kappa shape index (κ2) is 4.89. The van der Waals surface area contributed by atoms with E-state index in [2.05, 4.69) is 14.9 Å². The van der Waals surface area contributed by atoms with Crippen LogP contribution in [0, 0.1) is 5.41 Å². The number of nitrogens with two attached hydrogens (primary N) is 1. The molecule has 16 heavy (non-hydrogen) atoms. The van der Waals surface area contributed by atoms with Crippen LogP contribution in [-0.4, -0.2) is 42.1 Å². The molecule has 0 amide bonds. The molecule has 2 heterocycles. The van der Waals surface area contributed by atoms with Crippen molar-refractivity contribution < 1.29 is 4.74 Å². The standard InChI is InChI=1S/C10H15N5O/c11-10(12)8-6-14-9(7-13-8)15-2-1-4-16-5-3-15/h6-7H,1-5H2,(H3,11,12). The molecular weight excluding hydrogens is 206 g/mol. The van der Waals surface area contributed by atoms with Gasteiger partial charge in [-0.05, 0) is 6.42 Å². The second-order valence-corrected chi connectivity index (χ2v) is 3.63. The highest BCUT2D eigenvalue weighted by atomic mass is 16.5. The summed E-state index contributed by atoms with van der Waals surface area (Å²) >= 11 is 0. The van der Waals surface area contributed by atoms with E-state index in [1.807, 2.05) is 0 Å². The summed E-state index contributed by atoms with van der Waals surface area (Å²) in [7, 11) is 0. The molecule has 0 radical (unpaired) electrons. The van der Waals surface area contributed by atoms with Crippen LogP contribution in [-0.2, 0) is 4.74 Å². The summed E-state index contributed by atoms with van der Waals surface area (Å²) in [5.74, 6) is 0.758. The maximum absolute atomic E-state index is 7.23. The fraction of sp³-hybridized carbons (Fsp3) is 0.500. The Morgan fingerprint density at radius 1 is 1.31 bits per heavy atom. The lowest BCUT2D eigenvalue weighted by Crippen LogP contribution is -2.27. The van der Waals surface area contributed by atoms with Crippen LogP contribution in [0.2, 0.25) is 0 Å². The van der Waals surface area contributed by atoms with Crippen molar-refractivity contribution >= 4 is 11.7 Å². The fourth-order valence-electron chi connectivity index (χ4n) is 1.60. The van der Waals surface area contributed by atoms with Gasteiger partial charge in [-0.15, -0.1) is 0 Å². The molecule has 0 atom stereocenters. The molecule has 6 nitrogen and oxygen atoms in total. The van der Waals surface area contributed by atoms with Gasteiger partial charge in [-0.25, -0.2) is 9.97 Å². The Bertz CT molecular complexity index is 356. The molecule has 0 aromatic carbocycles. The molecule has 1 aliphatic rings. The van der Waals surface area contributed by atoms with Crippen LogP contribution in [0.25, 0.3) is 0 Å². The topological polar surface area (TPSA) is 88.1 Å².